The van der Waals surface area contributed by atoms with Crippen LogP contribution >= 0.6 is 15.9 Å². The van der Waals surface area contributed by atoms with Gasteiger partial charge in [-0.2, -0.15) is 0 Å². The number of rotatable bonds is 4. The predicted octanol–water partition coefficient (Wildman–Crippen LogP) is 3.64. The molecule has 0 aliphatic carbocycles. The van der Waals surface area contributed by atoms with Crippen molar-refractivity contribution in [2.45, 2.75) is 0 Å². The number of aromatic nitrogens is 1. The molecule has 0 aliphatic rings. The molecule has 4 nitrogen and oxygen atoms in total. The van der Waals surface area contributed by atoms with Crippen LogP contribution in [0.15, 0.2) is 41.1 Å². The number of hydrogen-bond acceptors (Lipinski definition) is 4. The van der Waals surface area contributed by atoms with Crippen LogP contribution in [0.25, 0.3) is 0 Å². The van der Waals surface area contributed by atoms with Gasteiger partial charge in [0.05, 0.1) is 36.6 Å². The Morgan fingerprint density at radius 3 is 2.67 bits per heavy atom. The van der Waals surface area contributed by atoms with E-state index in [9.17, 15) is 0 Å². The van der Waals surface area contributed by atoms with E-state index in [0.717, 1.165) is 27.3 Å². The molecule has 0 amide bonds. The number of methoxy groups -OCH3 is 1. The van der Waals surface area contributed by atoms with Gasteiger partial charge in [0.15, 0.2) is 0 Å². The fraction of sp³-hybridized carbons (Fsp3) is 0.154. The molecule has 5 heteroatoms. The second kappa shape index (κ2) is 5.73. The van der Waals surface area contributed by atoms with Gasteiger partial charge in [0.25, 0.3) is 0 Å². The zero-order valence-electron chi connectivity index (χ0n) is 10.2. The van der Waals surface area contributed by atoms with Gasteiger partial charge in [0.1, 0.15) is 5.75 Å². The van der Waals surface area contributed by atoms with Crippen molar-refractivity contribution in [3.8, 4) is 5.75 Å². The Labute approximate surface area is 115 Å². The van der Waals surface area contributed by atoms with E-state index in [0.29, 0.717) is 0 Å². The van der Waals surface area contributed by atoms with Crippen LogP contribution < -0.4 is 15.4 Å². The average Bonchev–Trinajstić information content (AvgIpc) is 2.41. The van der Waals surface area contributed by atoms with Gasteiger partial charge in [-0.05, 0) is 34.1 Å². The van der Waals surface area contributed by atoms with Crippen LogP contribution in [-0.4, -0.2) is 19.1 Å². The fourth-order valence-electron chi connectivity index (χ4n) is 1.53. The molecule has 0 saturated heterocycles. The first-order chi connectivity index (χ1) is 8.72. The van der Waals surface area contributed by atoms with Gasteiger partial charge in [-0.15, -0.1) is 0 Å². The van der Waals surface area contributed by atoms with Crippen LogP contribution in [0.2, 0.25) is 0 Å². The summed E-state index contributed by atoms with van der Waals surface area (Å²) in [5, 5.41) is 6.34. The van der Waals surface area contributed by atoms with Crippen molar-refractivity contribution in [1.82, 2.24) is 4.98 Å². The molecule has 18 heavy (non-hydrogen) atoms. The summed E-state index contributed by atoms with van der Waals surface area (Å²) in [6.07, 6.45) is 3.54. The van der Waals surface area contributed by atoms with Gasteiger partial charge in [0.2, 0.25) is 0 Å². The Kier molecular flexibility index (Phi) is 4.04. The molecule has 2 rings (SSSR count). The first kappa shape index (κ1) is 12.7. The van der Waals surface area contributed by atoms with E-state index in [4.69, 9.17) is 4.74 Å². The van der Waals surface area contributed by atoms with E-state index in [1.807, 2.05) is 31.3 Å². The summed E-state index contributed by atoms with van der Waals surface area (Å²) in [4.78, 5) is 4.15. The molecule has 1 aromatic heterocycles. The minimum atomic E-state index is 0.804. The lowest BCUT2D eigenvalue weighted by atomic mass is 10.3. The van der Waals surface area contributed by atoms with Crippen molar-refractivity contribution in [2.24, 2.45) is 0 Å². The molecule has 94 valence electrons. The third kappa shape index (κ3) is 2.92. The number of anilines is 3. The molecular weight excluding hydrogens is 294 g/mol. The van der Waals surface area contributed by atoms with Crippen LogP contribution in [0.4, 0.5) is 17.1 Å². The van der Waals surface area contributed by atoms with Gasteiger partial charge in [0, 0.05) is 17.6 Å². The van der Waals surface area contributed by atoms with E-state index in [1.54, 1.807) is 19.5 Å². The van der Waals surface area contributed by atoms with Crippen molar-refractivity contribution < 1.29 is 4.74 Å². The van der Waals surface area contributed by atoms with E-state index >= 15 is 0 Å². The molecule has 2 N–H and O–H groups in total. The lowest BCUT2D eigenvalue weighted by molar-refractivity contribution is 0.415. The molecule has 0 unspecified atom stereocenters. The summed E-state index contributed by atoms with van der Waals surface area (Å²) in [5.41, 5.74) is 2.80. The van der Waals surface area contributed by atoms with Gasteiger partial charge >= 0.3 is 0 Å². The maximum absolute atomic E-state index is 5.20. The molecule has 1 aromatic carbocycles. The smallest absolute Gasteiger partial charge is 0.121 e. The molecule has 0 fully saturated rings. The SMILES string of the molecule is CNc1cncc(Nc2cc(OC)ccc2Br)c1. The van der Waals surface area contributed by atoms with Crippen molar-refractivity contribution in [3.63, 3.8) is 0 Å². The van der Waals surface area contributed by atoms with Gasteiger partial charge < -0.3 is 15.4 Å². The highest BCUT2D eigenvalue weighted by molar-refractivity contribution is 9.10. The maximum atomic E-state index is 5.20. The van der Waals surface area contributed by atoms with E-state index in [1.165, 1.54) is 0 Å². The second-order valence-electron chi connectivity index (χ2n) is 3.68. The van der Waals surface area contributed by atoms with E-state index in [2.05, 4.69) is 31.5 Å². The number of ether oxygens (including phenoxy) is 1. The summed E-state index contributed by atoms with van der Waals surface area (Å²) < 4.78 is 6.17. The first-order valence-electron chi connectivity index (χ1n) is 5.46. The van der Waals surface area contributed by atoms with Crippen LogP contribution in [0, 0.1) is 0 Å². The lowest BCUT2D eigenvalue weighted by Gasteiger charge is -2.11. The summed E-state index contributed by atoms with van der Waals surface area (Å²) >= 11 is 3.50. The van der Waals surface area contributed by atoms with Crippen molar-refractivity contribution in [2.75, 3.05) is 24.8 Å². The van der Waals surface area contributed by atoms with Crippen LogP contribution in [-0.2, 0) is 0 Å². The van der Waals surface area contributed by atoms with E-state index in [-0.39, 0.29) is 0 Å². The van der Waals surface area contributed by atoms with Crippen molar-refractivity contribution >= 4 is 33.0 Å². The molecule has 1 heterocycles. The normalized spacial score (nSPS) is 9.94. The van der Waals surface area contributed by atoms with Crippen molar-refractivity contribution in [3.05, 3.63) is 41.1 Å². The number of halogens is 1. The standard InChI is InChI=1S/C13H14BrN3O/c1-15-9-5-10(8-16-7-9)17-13-6-11(18-2)3-4-12(13)14/h3-8,15,17H,1-2H3. The third-order valence-electron chi connectivity index (χ3n) is 2.48. The van der Waals surface area contributed by atoms with Crippen LogP contribution in [0.5, 0.6) is 5.75 Å². The number of hydrogen-bond donors (Lipinski definition) is 2. The molecule has 0 radical (unpaired) electrons. The summed E-state index contributed by atoms with van der Waals surface area (Å²) in [7, 11) is 3.51. The first-order valence-corrected chi connectivity index (χ1v) is 6.25. The Bertz CT molecular complexity index is 546. The Hall–Kier alpha value is -1.75. The maximum Gasteiger partial charge on any atom is 0.121 e. The van der Waals surface area contributed by atoms with Crippen LogP contribution in [0.3, 0.4) is 0 Å². The summed E-state index contributed by atoms with van der Waals surface area (Å²) in [6.45, 7) is 0. The molecule has 0 bridgehead atoms. The average molecular weight is 308 g/mol. The highest BCUT2D eigenvalue weighted by Gasteiger charge is 2.03. The third-order valence-corrected chi connectivity index (χ3v) is 3.17. The predicted molar refractivity (Wildman–Crippen MR) is 77.8 cm³/mol. The van der Waals surface area contributed by atoms with Crippen molar-refractivity contribution in [1.29, 1.82) is 0 Å². The zero-order chi connectivity index (χ0) is 13.0. The quantitative estimate of drug-likeness (QED) is 0.905. The monoisotopic (exact) mass is 307 g/mol. The molecule has 0 spiro atoms. The van der Waals surface area contributed by atoms with Gasteiger partial charge in [-0.25, -0.2) is 0 Å². The zero-order valence-corrected chi connectivity index (χ0v) is 11.8. The number of nitrogens with zero attached hydrogens (tertiary/aromatic N) is 1. The molecule has 0 aliphatic heterocycles. The highest BCUT2D eigenvalue weighted by Crippen LogP contribution is 2.30. The highest BCUT2D eigenvalue weighted by atomic mass is 79.9. The molecule has 0 atom stereocenters. The topological polar surface area (TPSA) is 46.2 Å². The Morgan fingerprint density at radius 1 is 1.17 bits per heavy atom. The van der Waals surface area contributed by atoms with Gasteiger partial charge in [-0.1, -0.05) is 0 Å². The number of pyridine rings is 1. The largest absolute Gasteiger partial charge is 0.497 e. The van der Waals surface area contributed by atoms with Gasteiger partial charge in [-0.3, -0.25) is 4.98 Å². The van der Waals surface area contributed by atoms with Crippen LogP contribution in [0.1, 0.15) is 0 Å². The molecule has 2 aromatic rings. The second-order valence-corrected chi connectivity index (χ2v) is 4.54. The minimum Gasteiger partial charge on any atom is -0.497 e. The Morgan fingerprint density at radius 2 is 1.94 bits per heavy atom. The number of nitrogens with one attached hydrogen (secondary N) is 2. The minimum absolute atomic E-state index is 0.804. The summed E-state index contributed by atoms with van der Waals surface area (Å²) in [6, 6.07) is 7.75. The number of benzene rings is 1. The van der Waals surface area contributed by atoms with E-state index < -0.39 is 0 Å². The summed E-state index contributed by atoms with van der Waals surface area (Å²) in [5.74, 6) is 0.804. The lowest BCUT2D eigenvalue weighted by Crippen LogP contribution is -1.95. The Balaban J connectivity index is 2.27. The fourth-order valence-corrected chi connectivity index (χ4v) is 1.87. The molecule has 0 saturated carbocycles. The molecular formula is C13H14BrN3O.